The maximum absolute atomic E-state index is 4.31. The summed E-state index contributed by atoms with van der Waals surface area (Å²) >= 11 is 0. The van der Waals surface area contributed by atoms with Gasteiger partial charge in [-0.2, -0.15) is 0 Å². The first-order valence-electron chi connectivity index (χ1n) is 6.62. The smallest absolute Gasteiger partial charge is 0.0596 e. The van der Waals surface area contributed by atoms with Crippen LogP contribution in [-0.4, -0.2) is 33.9 Å². The average molecular weight is 268 g/mol. The second-order valence-corrected chi connectivity index (χ2v) is 4.77. The van der Waals surface area contributed by atoms with E-state index in [9.17, 15) is 0 Å². The van der Waals surface area contributed by atoms with Gasteiger partial charge in [0, 0.05) is 38.9 Å². The number of hydrogen-bond acceptors (Lipinski definition) is 4. The van der Waals surface area contributed by atoms with Gasteiger partial charge in [0.15, 0.2) is 0 Å². The van der Waals surface area contributed by atoms with E-state index in [0.717, 1.165) is 24.5 Å². The molecule has 0 fully saturated rings. The Morgan fingerprint density at radius 2 is 1.25 bits per heavy atom. The molecule has 0 aliphatic carbocycles. The molecule has 0 aliphatic heterocycles. The van der Waals surface area contributed by atoms with Crippen molar-refractivity contribution in [1.29, 1.82) is 0 Å². The van der Waals surface area contributed by atoms with Crippen LogP contribution in [0.1, 0.15) is 11.4 Å². The van der Waals surface area contributed by atoms with Gasteiger partial charge in [-0.05, 0) is 24.3 Å². The second-order valence-electron chi connectivity index (χ2n) is 4.77. The quantitative estimate of drug-likeness (QED) is 0.806. The monoisotopic (exact) mass is 268 g/mol. The summed E-state index contributed by atoms with van der Waals surface area (Å²) in [7, 11) is 4.08. The van der Waals surface area contributed by atoms with Crippen LogP contribution >= 0.6 is 0 Å². The van der Waals surface area contributed by atoms with Crippen molar-refractivity contribution in [3.8, 4) is 0 Å². The first kappa shape index (κ1) is 14.1. The molecule has 0 saturated carbocycles. The zero-order chi connectivity index (χ0) is 14.2. The Morgan fingerprint density at radius 1 is 0.800 bits per heavy atom. The fourth-order valence-corrected chi connectivity index (χ4v) is 1.83. The summed E-state index contributed by atoms with van der Waals surface area (Å²) < 4.78 is 0. The maximum Gasteiger partial charge on any atom is 0.0596 e. The molecule has 2 aromatic heterocycles. The molecule has 0 bridgehead atoms. The van der Waals surface area contributed by atoms with Crippen LogP contribution in [-0.2, 0) is 13.1 Å². The van der Waals surface area contributed by atoms with E-state index in [2.05, 4.69) is 32.2 Å². The van der Waals surface area contributed by atoms with Crippen molar-refractivity contribution in [3.63, 3.8) is 0 Å². The number of pyridine rings is 2. The fourth-order valence-electron chi connectivity index (χ4n) is 1.83. The molecule has 2 aromatic rings. The highest BCUT2D eigenvalue weighted by atomic mass is 15.1. The summed E-state index contributed by atoms with van der Waals surface area (Å²) in [6.45, 7) is 1.60. The van der Waals surface area contributed by atoms with Crippen molar-refractivity contribution in [2.45, 2.75) is 13.1 Å². The summed E-state index contributed by atoms with van der Waals surface area (Å²) in [6.07, 6.45) is 7.75. The van der Waals surface area contributed by atoms with Crippen molar-refractivity contribution >= 4 is 0 Å². The molecule has 0 unspecified atom stereocenters. The Labute approximate surface area is 120 Å². The Bertz CT molecular complexity index is 475. The SMILES string of the molecule is CN(C=CN(C)Cc1ccccn1)Cc1ccccn1. The number of rotatable bonds is 6. The van der Waals surface area contributed by atoms with Gasteiger partial charge in [0.1, 0.15) is 0 Å². The highest BCUT2D eigenvalue weighted by Crippen LogP contribution is 2.02. The molecule has 2 heterocycles. The molecule has 0 aliphatic rings. The van der Waals surface area contributed by atoms with Gasteiger partial charge < -0.3 is 9.80 Å². The third-order valence-electron chi connectivity index (χ3n) is 2.85. The van der Waals surface area contributed by atoms with Crippen LogP contribution in [0.4, 0.5) is 0 Å². The van der Waals surface area contributed by atoms with E-state index in [0.29, 0.717) is 0 Å². The molecule has 0 aromatic carbocycles. The fraction of sp³-hybridized carbons (Fsp3) is 0.250. The molecule has 0 radical (unpaired) electrons. The molecule has 104 valence electrons. The number of aromatic nitrogens is 2. The van der Waals surface area contributed by atoms with E-state index in [1.165, 1.54) is 0 Å². The van der Waals surface area contributed by atoms with E-state index >= 15 is 0 Å². The summed E-state index contributed by atoms with van der Waals surface area (Å²) in [4.78, 5) is 12.8. The van der Waals surface area contributed by atoms with E-state index in [4.69, 9.17) is 0 Å². The van der Waals surface area contributed by atoms with Crippen LogP contribution in [0.5, 0.6) is 0 Å². The van der Waals surface area contributed by atoms with Gasteiger partial charge in [-0.3, -0.25) is 9.97 Å². The van der Waals surface area contributed by atoms with Crippen molar-refractivity contribution in [1.82, 2.24) is 19.8 Å². The lowest BCUT2D eigenvalue weighted by molar-refractivity contribution is 0.402. The van der Waals surface area contributed by atoms with Gasteiger partial charge in [-0.15, -0.1) is 0 Å². The normalized spacial score (nSPS) is 10.7. The van der Waals surface area contributed by atoms with Crippen molar-refractivity contribution in [3.05, 3.63) is 72.6 Å². The second kappa shape index (κ2) is 7.28. The van der Waals surface area contributed by atoms with Gasteiger partial charge in [0.2, 0.25) is 0 Å². The van der Waals surface area contributed by atoms with E-state index in [-0.39, 0.29) is 0 Å². The van der Waals surface area contributed by atoms with Gasteiger partial charge in [0.25, 0.3) is 0 Å². The standard InChI is InChI=1S/C16H20N4/c1-19(13-15-7-3-5-9-17-15)11-12-20(2)14-16-8-4-6-10-18-16/h3-12H,13-14H2,1-2H3. The third kappa shape index (κ3) is 4.72. The first-order valence-corrected chi connectivity index (χ1v) is 6.62. The Kier molecular flexibility index (Phi) is 5.12. The molecule has 0 spiro atoms. The highest BCUT2D eigenvalue weighted by Gasteiger charge is 1.98. The maximum atomic E-state index is 4.31. The van der Waals surface area contributed by atoms with Crippen LogP contribution in [0.15, 0.2) is 61.2 Å². The topological polar surface area (TPSA) is 32.3 Å². The van der Waals surface area contributed by atoms with Gasteiger partial charge in [0.05, 0.1) is 24.5 Å². The third-order valence-corrected chi connectivity index (χ3v) is 2.85. The van der Waals surface area contributed by atoms with Crippen molar-refractivity contribution < 1.29 is 0 Å². The molecule has 0 N–H and O–H groups in total. The van der Waals surface area contributed by atoms with Gasteiger partial charge in [-0.25, -0.2) is 0 Å². The summed E-state index contributed by atoms with van der Waals surface area (Å²) in [5.74, 6) is 0. The molecular weight excluding hydrogens is 248 g/mol. The van der Waals surface area contributed by atoms with Crippen LogP contribution in [0.3, 0.4) is 0 Å². The van der Waals surface area contributed by atoms with Gasteiger partial charge in [-0.1, -0.05) is 12.1 Å². The largest absolute Gasteiger partial charge is 0.373 e. The molecule has 4 nitrogen and oxygen atoms in total. The van der Waals surface area contributed by atoms with Crippen LogP contribution < -0.4 is 0 Å². The average Bonchev–Trinajstić information content (AvgIpc) is 2.47. The van der Waals surface area contributed by atoms with Crippen LogP contribution in [0.2, 0.25) is 0 Å². The minimum absolute atomic E-state index is 0.800. The lowest BCUT2D eigenvalue weighted by atomic mass is 10.3. The number of hydrogen-bond donors (Lipinski definition) is 0. The molecule has 20 heavy (non-hydrogen) atoms. The molecule has 4 heteroatoms. The predicted molar refractivity (Wildman–Crippen MR) is 80.5 cm³/mol. The summed E-state index contributed by atoms with van der Waals surface area (Å²) in [6, 6.07) is 11.9. The molecule has 0 amide bonds. The van der Waals surface area contributed by atoms with Gasteiger partial charge >= 0.3 is 0 Å². The molecule has 0 atom stereocenters. The van der Waals surface area contributed by atoms with E-state index in [1.807, 2.05) is 62.9 Å². The summed E-state index contributed by atoms with van der Waals surface area (Å²) in [5.41, 5.74) is 2.12. The lowest BCUT2D eigenvalue weighted by Crippen LogP contribution is -2.15. The molecular formula is C16H20N4. The molecule has 0 saturated heterocycles. The van der Waals surface area contributed by atoms with Crippen LogP contribution in [0, 0.1) is 0 Å². The Morgan fingerprint density at radius 3 is 1.60 bits per heavy atom. The lowest BCUT2D eigenvalue weighted by Gasteiger charge is -2.17. The van der Waals surface area contributed by atoms with Crippen molar-refractivity contribution in [2.75, 3.05) is 14.1 Å². The Hall–Kier alpha value is -2.36. The zero-order valence-electron chi connectivity index (χ0n) is 12.0. The molecule has 2 rings (SSSR count). The minimum atomic E-state index is 0.800. The predicted octanol–water partition coefficient (Wildman–Crippen LogP) is 2.51. The Balaban J connectivity index is 1.82. The summed E-state index contributed by atoms with van der Waals surface area (Å²) in [5, 5.41) is 0. The van der Waals surface area contributed by atoms with E-state index < -0.39 is 0 Å². The highest BCUT2D eigenvalue weighted by molar-refractivity contribution is 5.05. The van der Waals surface area contributed by atoms with Crippen LogP contribution in [0.25, 0.3) is 0 Å². The van der Waals surface area contributed by atoms with E-state index in [1.54, 1.807) is 0 Å². The zero-order valence-corrected chi connectivity index (χ0v) is 12.0. The minimum Gasteiger partial charge on any atom is -0.373 e. The number of nitrogens with zero attached hydrogens (tertiary/aromatic N) is 4. The first-order chi connectivity index (χ1) is 9.74. The van der Waals surface area contributed by atoms with Crippen molar-refractivity contribution in [2.24, 2.45) is 0 Å².